The molecule has 0 bridgehead atoms. The van der Waals surface area contributed by atoms with Crippen molar-refractivity contribution < 1.29 is 4.74 Å². The second kappa shape index (κ2) is 5.22. The Morgan fingerprint density at radius 2 is 2.11 bits per heavy atom. The van der Waals surface area contributed by atoms with Gasteiger partial charge in [0.25, 0.3) is 0 Å². The SMILES string of the molecule is Cc1ncc(CNC(C)(C)C)c(OCC2CC2)n1. The van der Waals surface area contributed by atoms with Crippen LogP contribution < -0.4 is 10.1 Å². The largest absolute Gasteiger partial charge is 0.477 e. The summed E-state index contributed by atoms with van der Waals surface area (Å²) < 4.78 is 5.82. The lowest BCUT2D eigenvalue weighted by Gasteiger charge is -2.21. The Morgan fingerprint density at radius 3 is 2.72 bits per heavy atom. The Kier molecular flexibility index (Phi) is 3.85. The molecule has 2 rings (SSSR count). The van der Waals surface area contributed by atoms with Gasteiger partial charge in [0.15, 0.2) is 0 Å². The maximum Gasteiger partial charge on any atom is 0.221 e. The molecule has 0 spiro atoms. The van der Waals surface area contributed by atoms with Gasteiger partial charge in [-0.05, 0) is 46.5 Å². The first kappa shape index (κ1) is 13.3. The average Bonchev–Trinajstić information content (AvgIpc) is 3.07. The van der Waals surface area contributed by atoms with Gasteiger partial charge in [0.05, 0.1) is 6.61 Å². The van der Waals surface area contributed by atoms with E-state index in [1.165, 1.54) is 12.8 Å². The Morgan fingerprint density at radius 1 is 1.39 bits per heavy atom. The predicted molar refractivity (Wildman–Crippen MR) is 71.6 cm³/mol. The highest BCUT2D eigenvalue weighted by molar-refractivity contribution is 5.23. The highest BCUT2D eigenvalue weighted by atomic mass is 16.5. The van der Waals surface area contributed by atoms with Crippen molar-refractivity contribution in [3.63, 3.8) is 0 Å². The van der Waals surface area contributed by atoms with E-state index in [4.69, 9.17) is 4.74 Å². The summed E-state index contributed by atoms with van der Waals surface area (Å²) >= 11 is 0. The standard InChI is InChI=1S/C14H23N3O/c1-10-15-7-12(8-16-14(2,3)4)13(17-10)18-9-11-5-6-11/h7,11,16H,5-6,8-9H2,1-4H3. The molecule has 1 aromatic heterocycles. The van der Waals surface area contributed by atoms with Gasteiger partial charge in [-0.3, -0.25) is 0 Å². The molecule has 0 aliphatic heterocycles. The van der Waals surface area contributed by atoms with Gasteiger partial charge in [0, 0.05) is 23.8 Å². The van der Waals surface area contributed by atoms with Crippen LogP contribution in [0.15, 0.2) is 6.20 Å². The topological polar surface area (TPSA) is 47.0 Å². The summed E-state index contributed by atoms with van der Waals surface area (Å²) in [6.45, 7) is 9.86. The summed E-state index contributed by atoms with van der Waals surface area (Å²) in [5, 5.41) is 3.44. The predicted octanol–water partition coefficient (Wildman–Crippen LogP) is 2.46. The lowest BCUT2D eigenvalue weighted by molar-refractivity contribution is 0.281. The molecule has 0 unspecified atom stereocenters. The highest BCUT2D eigenvalue weighted by Gasteiger charge is 2.23. The van der Waals surface area contributed by atoms with E-state index in [2.05, 4.69) is 36.1 Å². The van der Waals surface area contributed by atoms with Gasteiger partial charge in [-0.25, -0.2) is 4.98 Å². The number of hydrogen-bond donors (Lipinski definition) is 1. The Bertz CT molecular complexity index is 408. The molecule has 0 amide bonds. The van der Waals surface area contributed by atoms with Gasteiger partial charge < -0.3 is 10.1 Å². The third kappa shape index (κ3) is 4.26. The number of ether oxygens (including phenoxy) is 1. The van der Waals surface area contributed by atoms with Crippen LogP contribution in [0.2, 0.25) is 0 Å². The Balaban J connectivity index is 2.01. The van der Waals surface area contributed by atoms with Gasteiger partial charge in [-0.2, -0.15) is 4.98 Å². The van der Waals surface area contributed by atoms with Gasteiger partial charge in [-0.15, -0.1) is 0 Å². The van der Waals surface area contributed by atoms with Crippen LogP contribution in [-0.4, -0.2) is 22.1 Å². The molecule has 18 heavy (non-hydrogen) atoms. The van der Waals surface area contributed by atoms with Crippen LogP contribution in [0.3, 0.4) is 0 Å². The van der Waals surface area contributed by atoms with Crippen molar-refractivity contribution in [3.05, 3.63) is 17.6 Å². The fraction of sp³-hybridized carbons (Fsp3) is 0.714. The van der Waals surface area contributed by atoms with Crippen molar-refractivity contribution in [2.24, 2.45) is 5.92 Å². The molecular weight excluding hydrogens is 226 g/mol. The molecule has 4 heteroatoms. The van der Waals surface area contributed by atoms with Crippen molar-refractivity contribution in [1.29, 1.82) is 0 Å². The molecule has 1 aliphatic rings. The summed E-state index contributed by atoms with van der Waals surface area (Å²) in [6.07, 6.45) is 4.45. The first-order valence-electron chi connectivity index (χ1n) is 6.64. The zero-order valence-corrected chi connectivity index (χ0v) is 11.8. The lowest BCUT2D eigenvalue weighted by Crippen LogP contribution is -2.35. The van der Waals surface area contributed by atoms with E-state index >= 15 is 0 Å². The monoisotopic (exact) mass is 249 g/mol. The smallest absolute Gasteiger partial charge is 0.221 e. The van der Waals surface area contributed by atoms with E-state index in [9.17, 15) is 0 Å². The normalized spacial score (nSPS) is 15.8. The molecule has 0 atom stereocenters. The molecule has 1 heterocycles. The summed E-state index contributed by atoms with van der Waals surface area (Å²) in [5.41, 5.74) is 1.12. The molecule has 0 saturated heterocycles. The van der Waals surface area contributed by atoms with Gasteiger partial charge in [0.1, 0.15) is 5.82 Å². The van der Waals surface area contributed by atoms with Gasteiger partial charge in [-0.1, -0.05) is 0 Å². The first-order valence-corrected chi connectivity index (χ1v) is 6.64. The number of nitrogens with zero attached hydrogens (tertiary/aromatic N) is 2. The molecule has 0 radical (unpaired) electrons. The summed E-state index contributed by atoms with van der Waals surface area (Å²) in [5.74, 6) is 2.25. The van der Waals surface area contributed by atoms with Crippen molar-refractivity contribution in [1.82, 2.24) is 15.3 Å². The maximum absolute atomic E-state index is 5.82. The number of rotatable bonds is 5. The van der Waals surface area contributed by atoms with Crippen molar-refractivity contribution in [3.8, 4) is 5.88 Å². The fourth-order valence-electron chi connectivity index (χ4n) is 1.56. The van der Waals surface area contributed by atoms with Gasteiger partial charge in [0.2, 0.25) is 5.88 Å². The van der Waals surface area contributed by atoms with E-state index in [-0.39, 0.29) is 5.54 Å². The summed E-state index contributed by atoms with van der Waals surface area (Å²) in [4.78, 5) is 8.65. The lowest BCUT2D eigenvalue weighted by atomic mass is 10.1. The second-order valence-corrected chi connectivity index (χ2v) is 6.11. The minimum atomic E-state index is 0.0820. The molecule has 1 fully saturated rings. The third-order valence-corrected chi connectivity index (χ3v) is 2.91. The maximum atomic E-state index is 5.82. The number of nitrogens with one attached hydrogen (secondary N) is 1. The zero-order chi connectivity index (χ0) is 13.2. The van der Waals surface area contributed by atoms with Crippen LogP contribution in [0.25, 0.3) is 0 Å². The number of hydrogen-bond acceptors (Lipinski definition) is 4. The van der Waals surface area contributed by atoms with Crippen LogP contribution in [0.1, 0.15) is 45.0 Å². The van der Waals surface area contributed by atoms with E-state index in [1.807, 2.05) is 13.1 Å². The third-order valence-electron chi connectivity index (χ3n) is 2.91. The minimum Gasteiger partial charge on any atom is -0.477 e. The number of aryl methyl sites for hydroxylation is 1. The van der Waals surface area contributed by atoms with Crippen LogP contribution in [0.4, 0.5) is 0 Å². The van der Waals surface area contributed by atoms with Crippen molar-refractivity contribution in [2.45, 2.75) is 52.6 Å². The summed E-state index contributed by atoms with van der Waals surface area (Å²) in [6, 6.07) is 0. The molecule has 4 nitrogen and oxygen atoms in total. The van der Waals surface area contributed by atoms with Crippen molar-refractivity contribution >= 4 is 0 Å². The Hall–Kier alpha value is -1.16. The number of aromatic nitrogens is 2. The van der Waals surface area contributed by atoms with Gasteiger partial charge >= 0.3 is 0 Å². The Labute approximate surface area is 109 Å². The zero-order valence-electron chi connectivity index (χ0n) is 11.8. The quantitative estimate of drug-likeness (QED) is 0.870. The minimum absolute atomic E-state index is 0.0820. The van der Waals surface area contributed by atoms with Crippen LogP contribution in [-0.2, 0) is 6.54 Å². The second-order valence-electron chi connectivity index (χ2n) is 6.11. The molecule has 1 N–H and O–H groups in total. The molecular formula is C14H23N3O. The van der Waals surface area contributed by atoms with E-state index in [0.29, 0.717) is 0 Å². The molecule has 100 valence electrons. The first-order chi connectivity index (χ1) is 8.44. The highest BCUT2D eigenvalue weighted by Crippen LogP contribution is 2.29. The summed E-state index contributed by atoms with van der Waals surface area (Å²) in [7, 11) is 0. The molecule has 1 saturated carbocycles. The van der Waals surface area contributed by atoms with E-state index < -0.39 is 0 Å². The average molecular weight is 249 g/mol. The van der Waals surface area contributed by atoms with Crippen LogP contribution in [0, 0.1) is 12.8 Å². The van der Waals surface area contributed by atoms with Crippen molar-refractivity contribution in [2.75, 3.05) is 6.61 Å². The molecule has 0 aromatic carbocycles. The van der Waals surface area contributed by atoms with E-state index in [1.54, 1.807) is 0 Å². The fourth-order valence-corrected chi connectivity index (χ4v) is 1.56. The van der Waals surface area contributed by atoms with Crippen LogP contribution >= 0.6 is 0 Å². The molecule has 1 aromatic rings. The van der Waals surface area contributed by atoms with E-state index in [0.717, 1.165) is 36.3 Å². The molecule has 1 aliphatic carbocycles. The van der Waals surface area contributed by atoms with Crippen LogP contribution in [0.5, 0.6) is 5.88 Å².